The first-order chi connectivity index (χ1) is 13.4. The molecule has 2 heterocycles. The van der Waals surface area contributed by atoms with Crippen LogP contribution < -0.4 is 5.32 Å². The number of hydrogen-bond donors (Lipinski definition) is 1. The van der Waals surface area contributed by atoms with Crippen molar-refractivity contribution in [3.63, 3.8) is 0 Å². The molecule has 1 aromatic carbocycles. The molecule has 4 nitrogen and oxygen atoms in total. The van der Waals surface area contributed by atoms with Crippen LogP contribution in [-0.2, 0) is 17.6 Å². The first kappa shape index (κ1) is 19.3. The zero-order valence-corrected chi connectivity index (χ0v) is 17.7. The third-order valence-electron chi connectivity index (χ3n) is 5.03. The van der Waals surface area contributed by atoms with Crippen molar-refractivity contribution in [1.82, 2.24) is 15.3 Å². The number of aryl methyl sites for hydroxylation is 3. The summed E-state index contributed by atoms with van der Waals surface area (Å²) in [5.41, 5.74) is 2.25. The van der Waals surface area contributed by atoms with Crippen LogP contribution >= 0.6 is 23.1 Å². The molecule has 0 unspecified atom stereocenters. The molecule has 1 amide bonds. The quantitative estimate of drug-likeness (QED) is 0.471. The van der Waals surface area contributed by atoms with E-state index in [1.807, 2.05) is 20.8 Å². The topological polar surface area (TPSA) is 54.9 Å². The summed E-state index contributed by atoms with van der Waals surface area (Å²) in [6.45, 7) is 5.70. The van der Waals surface area contributed by atoms with Gasteiger partial charge in [-0.25, -0.2) is 14.4 Å². The van der Waals surface area contributed by atoms with Crippen molar-refractivity contribution in [3.8, 4) is 0 Å². The second kappa shape index (κ2) is 7.79. The van der Waals surface area contributed by atoms with Crippen LogP contribution in [0, 0.1) is 12.7 Å². The third-order valence-corrected chi connectivity index (χ3v) is 7.30. The molecule has 3 aromatic rings. The summed E-state index contributed by atoms with van der Waals surface area (Å²) < 4.78 is 13.1. The molecule has 0 bridgehead atoms. The van der Waals surface area contributed by atoms with Crippen LogP contribution in [0.1, 0.15) is 48.1 Å². The lowest BCUT2D eigenvalue weighted by Gasteiger charge is -2.18. The van der Waals surface area contributed by atoms with Crippen LogP contribution in [0.5, 0.6) is 0 Å². The maximum Gasteiger partial charge on any atom is 0.233 e. The summed E-state index contributed by atoms with van der Waals surface area (Å²) in [6, 6.07) is 6.03. The number of halogens is 1. The number of hydrogen-bond acceptors (Lipinski definition) is 5. The van der Waals surface area contributed by atoms with E-state index in [9.17, 15) is 9.18 Å². The Balaban J connectivity index is 1.52. The van der Waals surface area contributed by atoms with Crippen LogP contribution in [0.4, 0.5) is 4.39 Å². The Hall–Kier alpha value is -1.99. The smallest absolute Gasteiger partial charge is 0.233 e. The Morgan fingerprint density at radius 3 is 2.71 bits per heavy atom. The highest BCUT2D eigenvalue weighted by molar-refractivity contribution is 8.00. The molecule has 1 aliphatic rings. The van der Waals surface area contributed by atoms with E-state index in [2.05, 4.69) is 15.3 Å². The molecule has 2 atom stereocenters. The van der Waals surface area contributed by atoms with Crippen LogP contribution in [0.3, 0.4) is 0 Å². The second-order valence-electron chi connectivity index (χ2n) is 7.16. The monoisotopic (exact) mass is 415 g/mol. The average molecular weight is 416 g/mol. The van der Waals surface area contributed by atoms with Crippen LogP contribution in [0.15, 0.2) is 29.3 Å². The van der Waals surface area contributed by atoms with Crippen LogP contribution in [-0.4, -0.2) is 21.1 Å². The van der Waals surface area contributed by atoms with Gasteiger partial charge in [-0.3, -0.25) is 4.79 Å². The van der Waals surface area contributed by atoms with Gasteiger partial charge in [0, 0.05) is 10.3 Å². The molecule has 2 aromatic heterocycles. The highest BCUT2D eigenvalue weighted by Crippen LogP contribution is 2.41. The number of amides is 1. The van der Waals surface area contributed by atoms with Crippen molar-refractivity contribution >= 4 is 39.2 Å². The van der Waals surface area contributed by atoms with Gasteiger partial charge in [-0.15, -0.1) is 11.3 Å². The summed E-state index contributed by atoms with van der Waals surface area (Å²) in [7, 11) is 0. The van der Waals surface area contributed by atoms with E-state index in [1.165, 1.54) is 40.8 Å². The third kappa shape index (κ3) is 3.78. The van der Waals surface area contributed by atoms with Crippen molar-refractivity contribution in [2.24, 2.45) is 0 Å². The highest BCUT2D eigenvalue weighted by atomic mass is 32.2. The lowest BCUT2D eigenvalue weighted by Crippen LogP contribution is -2.33. The summed E-state index contributed by atoms with van der Waals surface area (Å²) in [6.07, 6.45) is 3.36. The van der Waals surface area contributed by atoms with Crippen molar-refractivity contribution in [1.29, 1.82) is 0 Å². The van der Waals surface area contributed by atoms with Crippen molar-refractivity contribution in [3.05, 3.63) is 51.9 Å². The minimum atomic E-state index is -0.294. The molecule has 0 saturated heterocycles. The molecule has 0 spiro atoms. The van der Waals surface area contributed by atoms with E-state index < -0.39 is 0 Å². The molecular formula is C21H22FN3OS2. The van der Waals surface area contributed by atoms with Crippen molar-refractivity contribution in [2.45, 2.75) is 56.4 Å². The van der Waals surface area contributed by atoms with Crippen molar-refractivity contribution < 1.29 is 9.18 Å². The fraction of sp³-hybridized carbons (Fsp3) is 0.381. The van der Waals surface area contributed by atoms with Crippen LogP contribution in [0.2, 0.25) is 0 Å². The number of nitrogens with zero attached hydrogens (tertiary/aromatic N) is 2. The number of fused-ring (bicyclic) bond motifs is 3. The van der Waals surface area contributed by atoms with Gasteiger partial charge in [0.15, 0.2) is 0 Å². The number of benzene rings is 1. The molecule has 4 rings (SSSR count). The molecule has 7 heteroatoms. The first-order valence-electron chi connectivity index (χ1n) is 9.43. The summed E-state index contributed by atoms with van der Waals surface area (Å²) >= 11 is 3.25. The minimum absolute atomic E-state index is 0.0573. The van der Waals surface area contributed by atoms with Gasteiger partial charge in [-0.05, 0) is 63.3 Å². The Bertz CT molecular complexity index is 1030. The molecule has 0 radical (unpaired) electrons. The van der Waals surface area contributed by atoms with E-state index in [-0.39, 0.29) is 23.0 Å². The number of thiophene rings is 1. The Kier molecular flexibility index (Phi) is 5.38. The predicted molar refractivity (Wildman–Crippen MR) is 112 cm³/mol. The number of carbonyl (C=O) groups is 1. The Morgan fingerprint density at radius 1 is 1.21 bits per heavy atom. The molecule has 1 N–H and O–H groups in total. The van der Waals surface area contributed by atoms with Gasteiger partial charge in [-0.2, -0.15) is 0 Å². The lowest BCUT2D eigenvalue weighted by molar-refractivity contribution is -0.120. The van der Waals surface area contributed by atoms with Gasteiger partial charge in [0.05, 0.1) is 11.3 Å². The SMILES string of the molecule is Cc1nc(S[C@H](C)C(=O)N[C@H](C)c2ccc(F)cc2)c2c3c(sc2n1)CCC3. The maximum absolute atomic E-state index is 13.1. The van der Waals surface area contributed by atoms with Gasteiger partial charge >= 0.3 is 0 Å². The van der Waals surface area contributed by atoms with Crippen molar-refractivity contribution in [2.75, 3.05) is 0 Å². The number of carbonyl (C=O) groups excluding carboxylic acids is 1. The molecule has 146 valence electrons. The van der Waals surface area contributed by atoms with E-state index in [0.717, 1.165) is 39.5 Å². The van der Waals surface area contributed by atoms with Gasteiger partial charge < -0.3 is 5.32 Å². The Labute approximate surface area is 172 Å². The summed E-state index contributed by atoms with van der Waals surface area (Å²) in [5, 5.41) is 4.77. The standard InChI is InChI=1S/C21H22FN3OS2/c1-11(14-7-9-15(22)10-8-14)23-19(26)12(2)27-20-18-16-5-4-6-17(16)28-21(18)25-13(3)24-20/h7-12H,4-6H2,1-3H3,(H,23,26)/t11-,12-/m1/s1. The van der Waals surface area contributed by atoms with Gasteiger partial charge in [-0.1, -0.05) is 23.9 Å². The zero-order valence-electron chi connectivity index (χ0n) is 16.1. The van der Waals surface area contributed by atoms with E-state index in [0.29, 0.717) is 0 Å². The van der Waals surface area contributed by atoms with Gasteiger partial charge in [0.2, 0.25) is 5.91 Å². The van der Waals surface area contributed by atoms with E-state index in [1.54, 1.807) is 23.5 Å². The summed E-state index contributed by atoms with van der Waals surface area (Å²) in [5.74, 6) is 0.401. The average Bonchev–Trinajstić information content (AvgIpc) is 3.22. The molecule has 0 aliphatic heterocycles. The number of nitrogens with one attached hydrogen (secondary N) is 1. The number of rotatable bonds is 5. The maximum atomic E-state index is 13.1. The fourth-order valence-electron chi connectivity index (χ4n) is 3.54. The first-order valence-corrected chi connectivity index (χ1v) is 11.1. The predicted octanol–water partition coefficient (Wildman–Crippen LogP) is 4.99. The fourth-order valence-corrected chi connectivity index (χ4v) is 5.94. The zero-order chi connectivity index (χ0) is 19.8. The lowest BCUT2D eigenvalue weighted by atomic mass is 10.1. The minimum Gasteiger partial charge on any atom is -0.349 e. The van der Waals surface area contributed by atoms with E-state index >= 15 is 0 Å². The second-order valence-corrected chi connectivity index (χ2v) is 9.57. The largest absolute Gasteiger partial charge is 0.349 e. The molecule has 1 aliphatic carbocycles. The highest BCUT2D eigenvalue weighted by Gasteiger charge is 2.25. The molecule has 28 heavy (non-hydrogen) atoms. The number of aromatic nitrogens is 2. The Morgan fingerprint density at radius 2 is 1.96 bits per heavy atom. The summed E-state index contributed by atoms with van der Waals surface area (Å²) in [4.78, 5) is 24.5. The molecular weight excluding hydrogens is 393 g/mol. The van der Waals surface area contributed by atoms with E-state index in [4.69, 9.17) is 0 Å². The molecule has 0 fully saturated rings. The molecule has 0 saturated carbocycles. The van der Waals surface area contributed by atoms with Gasteiger partial charge in [0.25, 0.3) is 0 Å². The normalized spacial score (nSPS) is 15.4. The number of thioether (sulfide) groups is 1. The van der Waals surface area contributed by atoms with Crippen LogP contribution in [0.25, 0.3) is 10.2 Å². The van der Waals surface area contributed by atoms with Gasteiger partial charge in [0.1, 0.15) is 21.5 Å².